The molecule has 20 heavy (non-hydrogen) atoms. The van der Waals surface area contributed by atoms with Gasteiger partial charge in [0.1, 0.15) is 0 Å². The Morgan fingerprint density at radius 1 is 1.20 bits per heavy atom. The van der Waals surface area contributed by atoms with Crippen LogP contribution in [0.2, 0.25) is 0 Å². The van der Waals surface area contributed by atoms with E-state index in [1.165, 1.54) is 24.1 Å². The molecule has 5 heteroatoms. The van der Waals surface area contributed by atoms with Gasteiger partial charge in [-0.3, -0.25) is 5.10 Å². The molecule has 1 aliphatic rings. The molecule has 0 aliphatic carbocycles. The monoisotopic (exact) mass is 271 g/mol. The summed E-state index contributed by atoms with van der Waals surface area (Å²) in [4.78, 5) is 11.5. The number of anilines is 1. The molecule has 1 fully saturated rings. The van der Waals surface area contributed by atoms with Crippen LogP contribution in [-0.4, -0.2) is 33.3 Å². The molecule has 2 aromatic rings. The molecule has 0 spiro atoms. The van der Waals surface area contributed by atoms with Crippen molar-refractivity contribution < 1.29 is 0 Å². The van der Waals surface area contributed by atoms with Crippen LogP contribution in [0, 0.1) is 20.8 Å². The van der Waals surface area contributed by atoms with Crippen LogP contribution in [0.1, 0.15) is 41.4 Å². The van der Waals surface area contributed by atoms with Gasteiger partial charge in [0.15, 0.2) is 0 Å². The zero-order chi connectivity index (χ0) is 14.1. The van der Waals surface area contributed by atoms with Gasteiger partial charge in [0, 0.05) is 36.1 Å². The summed E-state index contributed by atoms with van der Waals surface area (Å²) in [7, 11) is 0. The number of piperidine rings is 1. The number of nitrogens with zero attached hydrogens (tertiary/aromatic N) is 4. The van der Waals surface area contributed by atoms with Gasteiger partial charge in [0.25, 0.3) is 0 Å². The number of aromatic amines is 1. The highest BCUT2D eigenvalue weighted by Gasteiger charge is 2.25. The Bertz CT molecular complexity index is 584. The van der Waals surface area contributed by atoms with E-state index in [1.807, 2.05) is 26.1 Å². The number of aryl methyl sites for hydroxylation is 3. The van der Waals surface area contributed by atoms with Crippen LogP contribution < -0.4 is 4.90 Å². The summed E-state index contributed by atoms with van der Waals surface area (Å²) in [5.74, 6) is 1.36. The smallest absolute Gasteiger partial charge is 0.225 e. The van der Waals surface area contributed by atoms with Crippen molar-refractivity contribution in [3.63, 3.8) is 0 Å². The van der Waals surface area contributed by atoms with Gasteiger partial charge in [-0.25, -0.2) is 9.97 Å². The second kappa shape index (κ2) is 5.23. The SMILES string of the molecule is Cc1cc(C)nc(N2CCC[C@@H](c3[nH]ncc3C)C2)n1. The Labute approximate surface area is 119 Å². The van der Waals surface area contributed by atoms with Crippen molar-refractivity contribution in [2.75, 3.05) is 18.0 Å². The van der Waals surface area contributed by atoms with Crippen LogP contribution in [0.5, 0.6) is 0 Å². The van der Waals surface area contributed by atoms with E-state index in [4.69, 9.17) is 0 Å². The van der Waals surface area contributed by atoms with Gasteiger partial charge in [-0.1, -0.05) is 0 Å². The van der Waals surface area contributed by atoms with E-state index in [1.54, 1.807) is 0 Å². The predicted molar refractivity (Wildman–Crippen MR) is 79.0 cm³/mol. The molecular formula is C15H21N5. The Kier molecular flexibility index (Phi) is 3.42. The lowest BCUT2D eigenvalue weighted by molar-refractivity contribution is 0.492. The molecule has 5 nitrogen and oxygen atoms in total. The van der Waals surface area contributed by atoms with Crippen molar-refractivity contribution in [3.8, 4) is 0 Å². The Morgan fingerprint density at radius 3 is 2.60 bits per heavy atom. The highest BCUT2D eigenvalue weighted by Crippen LogP contribution is 2.29. The lowest BCUT2D eigenvalue weighted by atomic mass is 9.93. The fourth-order valence-electron chi connectivity index (χ4n) is 3.01. The highest BCUT2D eigenvalue weighted by atomic mass is 15.3. The van der Waals surface area contributed by atoms with Crippen LogP contribution in [0.4, 0.5) is 5.95 Å². The Balaban J connectivity index is 1.83. The maximum atomic E-state index is 4.58. The maximum Gasteiger partial charge on any atom is 0.225 e. The quantitative estimate of drug-likeness (QED) is 0.911. The van der Waals surface area contributed by atoms with Gasteiger partial charge in [-0.15, -0.1) is 0 Å². The third-order valence-electron chi connectivity index (χ3n) is 3.95. The van der Waals surface area contributed by atoms with Gasteiger partial charge in [-0.05, 0) is 45.2 Å². The first-order valence-corrected chi connectivity index (χ1v) is 7.20. The van der Waals surface area contributed by atoms with Crippen LogP contribution in [-0.2, 0) is 0 Å². The van der Waals surface area contributed by atoms with E-state index in [0.29, 0.717) is 5.92 Å². The first-order valence-electron chi connectivity index (χ1n) is 7.20. The van der Waals surface area contributed by atoms with E-state index < -0.39 is 0 Å². The van der Waals surface area contributed by atoms with Crippen molar-refractivity contribution >= 4 is 5.95 Å². The molecule has 1 saturated heterocycles. The second-order valence-corrected chi connectivity index (χ2v) is 5.70. The standard InChI is InChI=1S/C15H21N5/c1-10-8-16-19-14(10)13-5-4-6-20(9-13)15-17-11(2)7-12(3)18-15/h7-8,13H,4-6,9H2,1-3H3,(H,16,19)/t13-/m1/s1. The summed E-state index contributed by atoms with van der Waals surface area (Å²) in [6.45, 7) is 8.17. The minimum absolute atomic E-state index is 0.496. The number of hydrogen-bond acceptors (Lipinski definition) is 4. The topological polar surface area (TPSA) is 57.7 Å². The molecule has 1 N–H and O–H groups in total. The molecule has 1 atom stereocenters. The summed E-state index contributed by atoms with van der Waals surface area (Å²) < 4.78 is 0. The lowest BCUT2D eigenvalue weighted by Gasteiger charge is -2.32. The first-order chi connectivity index (χ1) is 9.63. The molecule has 0 aromatic carbocycles. The van der Waals surface area contributed by atoms with Gasteiger partial charge in [0.05, 0.1) is 6.20 Å². The number of rotatable bonds is 2. The van der Waals surface area contributed by atoms with E-state index in [-0.39, 0.29) is 0 Å². The van der Waals surface area contributed by atoms with Crippen molar-refractivity contribution in [2.24, 2.45) is 0 Å². The Hall–Kier alpha value is -1.91. The van der Waals surface area contributed by atoms with E-state index in [2.05, 4.69) is 32.0 Å². The zero-order valence-electron chi connectivity index (χ0n) is 12.3. The number of hydrogen-bond donors (Lipinski definition) is 1. The van der Waals surface area contributed by atoms with E-state index in [9.17, 15) is 0 Å². The molecule has 2 aromatic heterocycles. The van der Waals surface area contributed by atoms with Crippen molar-refractivity contribution in [1.82, 2.24) is 20.2 Å². The maximum absolute atomic E-state index is 4.58. The molecule has 0 unspecified atom stereocenters. The van der Waals surface area contributed by atoms with Crippen LogP contribution in [0.3, 0.4) is 0 Å². The normalized spacial score (nSPS) is 19.4. The van der Waals surface area contributed by atoms with Gasteiger partial charge >= 0.3 is 0 Å². The summed E-state index contributed by atoms with van der Waals surface area (Å²) in [6, 6.07) is 2.02. The van der Waals surface area contributed by atoms with Crippen molar-refractivity contribution in [3.05, 3.63) is 34.9 Å². The number of nitrogens with one attached hydrogen (secondary N) is 1. The zero-order valence-corrected chi connectivity index (χ0v) is 12.3. The van der Waals surface area contributed by atoms with Crippen molar-refractivity contribution in [2.45, 2.75) is 39.5 Å². The molecule has 3 rings (SSSR count). The molecule has 0 radical (unpaired) electrons. The summed E-state index contributed by atoms with van der Waals surface area (Å²) in [5.41, 5.74) is 4.58. The Morgan fingerprint density at radius 2 is 1.95 bits per heavy atom. The largest absolute Gasteiger partial charge is 0.340 e. The molecule has 3 heterocycles. The lowest BCUT2D eigenvalue weighted by Crippen LogP contribution is -2.36. The number of H-pyrrole nitrogens is 1. The molecular weight excluding hydrogens is 250 g/mol. The third-order valence-corrected chi connectivity index (χ3v) is 3.95. The summed E-state index contributed by atoms with van der Waals surface area (Å²) in [5, 5.41) is 7.30. The van der Waals surface area contributed by atoms with Crippen LogP contribution in [0.15, 0.2) is 12.3 Å². The molecule has 106 valence electrons. The fourth-order valence-corrected chi connectivity index (χ4v) is 3.01. The summed E-state index contributed by atoms with van der Waals surface area (Å²) >= 11 is 0. The van der Waals surface area contributed by atoms with Crippen LogP contribution >= 0.6 is 0 Å². The third kappa shape index (κ3) is 2.53. The molecule has 0 saturated carbocycles. The minimum atomic E-state index is 0.496. The van der Waals surface area contributed by atoms with Gasteiger partial charge < -0.3 is 4.90 Å². The summed E-state index contributed by atoms with van der Waals surface area (Å²) in [6.07, 6.45) is 4.27. The average molecular weight is 271 g/mol. The van der Waals surface area contributed by atoms with Gasteiger partial charge in [-0.2, -0.15) is 5.10 Å². The van der Waals surface area contributed by atoms with E-state index >= 15 is 0 Å². The van der Waals surface area contributed by atoms with Gasteiger partial charge in [0.2, 0.25) is 5.95 Å². The van der Waals surface area contributed by atoms with Crippen molar-refractivity contribution in [1.29, 1.82) is 0 Å². The highest BCUT2D eigenvalue weighted by molar-refractivity contribution is 5.35. The fraction of sp³-hybridized carbons (Fsp3) is 0.533. The predicted octanol–water partition coefficient (Wildman–Crippen LogP) is 2.51. The van der Waals surface area contributed by atoms with E-state index in [0.717, 1.165) is 30.4 Å². The second-order valence-electron chi connectivity index (χ2n) is 5.70. The molecule has 1 aliphatic heterocycles. The first kappa shape index (κ1) is 13.1. The molecule has 0 amide bonds. The minimum Gasteiger partial charge on any atom is -0.340 e. The average Bonchev–Trinajstić information content (AvgIpc) is 2.84. The number of aromatic nitrogens is 4. The van der Waals surface area contributed by atoms with Crippen LogP contribution in [0.25, 0.3) is 0 Å². The molecule has 0 bridgehead atoms.